The molecule has 0 aliphatic carbocycles. The summed E-state index contributed by atoms with van der Waals surface area (Å²) in [4.78, 5) is 0. The van der Waals surface area contributed by atoms with Gasteiger partial charge in [0.25, 0.3) is 0 Å². The molecule has 0 unspecified atom stereocenters. The van der Waals surface area contributed by atoms with E-state index in [1.54, 1.807) is 0 Å². The van der Waals surface area contributed by atoms with E-state index in [2.05, 4.69) is 0 Å². The predicted molar refractivity (Wildman–Crippen MR) is 27.6 cm³/mol. The van der Waals surface area contributed by atoms with Crippen molar-refractivity contribution in [3.8, 4) is 0 Å². The number of hydrogen-bond donors (Lipinski definition) is 0. The van der Waals surface area contributed by atoms with Crippen molar-refractivity contribution in [2.45, 2.75) is 0 Å². The Morgan fingerprint density at radius 2 is 1.17 bits per heavy atom. The topological polar surface area (TPSA) is 0 Å². The summed E-state index contributed by atoms with van der Waals surface area (Å²) in [5, 5.41) is 0. The number of rotatable bonds is 0. The summed E-state index contributed by atoms with van der Waals surface area (Å²) in [6, 6.07) is 0. The summed E-state index contributed by atoms with van der Waals surface area (Å²) >= 11 is 0. The molecule has 0 bridgehead atoms. The minimum atomic E-state index is 0. The molecule has 0 saturated heterocycles. The van der Waals surface area contributed by atoms with Gasteiger partial charge in [-0.3, -0.25) is 0 Å². The first-order valence-electron chi connectivity index (χ1n) is 0. The van der Waals surface area contributed by atoms with Gasteiger partial charge in [-0.25, -0.2) is 0 Å². The van der Waals surface area contributed by atoms with Gasteiger partial charge in [-0.15, -0.1) is 0 Å². The van der Waals surface area contributed by atoms with E-state index in [4.69, 9.17) is 0 Å². The van der Waals surface area contributed by atoms with Gasteiger partial charge in [0.05, 0.1) is 0 Å². The van der Waals surface area contributed by atoms with Crippen LogP contribution in [0.3, 0.4) is 0 Å². The monoisotopic (exact) mass is 391 g/mol. The molecule has 0 aromatic heterocycles. The van der Waals surface area contributed by atoms with E-state index >= 15 is 0 Å². The van der Waals surface area contributed by atoms with Gasteiger partial charge < -0.3 is 4.28 Å². The molecule has 0 aromatic rings. The molecule has 0 fully saturated rings. The van der Waals surface area contributed by atoms with Gasteiger partial charge in [0.15, 0.2) is 0 Å². The summed E-state index contributed by atoms with van der Waals surface area (Å²) in [6.07, 6.45) is 0. The maximum atomic E-state index is 0. The zero-order chi connectivity index (χ0) is 0. The second-order valence-corrected chi connectivity index (χ2v) is 0. The average Bonchev–Trinajstić information content (AvgIpc) is 0. The van der Waals surface area contributed by atoms with Crippen LogP contribution < -0.4 is 51.4 Å². The van der Waals surface area contributed by atoms with Crippen LogP contribution in [0.1, 0.15) is 4.28 Å². The van der Waals surface area contributed by atoms with E-state index in [0.717, 1.165) is 0 Å². The molecule has 0 atom stereocenters. The van der Waals surface area contributed by atoms with Crippen molar-refractivity contribution >= 4 is 72.4 Å². The molecule has 0 aliphatic heterocycles. The van der Waals surface area contributed by atoms with E-state index in [1.165, 1.54) is 0 Å². The van der Waals surface area contributed by atoms with Crippen LogP contribution in [0.25, 0.3) is 0 Å². The first-order valence-corrected chi connectivity index (χ1v) is 0. The Bertz CT molecular complexity index is 23.8. The molecule has 0 saturated carbocycles. The summed E-state index contributed by atoms with van der Waals surface area (Å²) in [5.41, 5.74) is 0. The number of hydrogen-bond acceptors (Lipinski definition) is 0. The van der Waals surface area contributed by atoms with Crippen LogP contribution in [-0.4, -0.2) is 72.4 Å². The SMILES string of the molecule is [Ca+2].[Cr].[GeH4].[H-].[H-].[H-].[K+].[Mo].[SeH]. The first kappa shape index (κ1) is 43.2. The Morgan fingerprint density at radius 1 is 1.17 bits per heavy atom. The molecule has 0 N–H and O–H groups in total. The Kier molecular flexibility index (Phi) is 230. The minimum absolute atomic E-state index is 0. The van der Waals surface area contributed by atoms with Crippen molar-refractivity contribution in [2.75, 3.05) is 0 Å². The molecule has 0 rings (SSSR count). The summed E-state index contributed by atoms with van der Waals surface area (Å²) < 4.78 is 0. The fraction of sp³-hybridized carbons (Fsp3) is 0. The molecule has 0 nitrogen and oxygen atoms in total. The Balaban J connectivity index is 0. The Labute approximate surface area is 162 Å². The van der Waals surface area contributed by atoms with E-state index in [9.17, 15) is 0 Å². The van der Waals surface area contributed by atoms with Crippen molar-refractivity contribution < 1.29 is 94.1 Å². The third-order valence-electron chi connectivity index (χ3n) is 0. The van der Waals surface area contributed by atoms with Crippen molar-refractivity contribution in [3.63, 3.8) is 0 Å². The first-order chi connectivity index (χ1) is 0. The van der Waals surface area contributed by atoms with Crippen molar-refractivity contribution in [1.82, 2.24) is 0 Å². The molecule has 0 spiro atoms. The van der Waals surface area contributed by atoms with E-state index < -0.39 is 0 Å². The fourth-order valence-corrected chi connectivity index (χ4v) is 0. The molecule has 0 heterocycles. The normalized spacial score (nSPS) is 0. The molecule has 6 heteroatoms. The van der Waals surface area contributed by atoms with Gasteiger partial charge in [0, 0.05) is 38.4 Å². The van der Waals surface area contributed by atoms with Crippen LogP contribution in [0.5, 0.6) is 0 Å². The molecular formula is H8CaCrGeKMoSe. The quantitative estimate of drug-likeness (QED) is 0.365. The zero-order valence-electron chi connectivity index (χ0n) is 5.97. The Hall–Kier alpha value is 5.18. The standard InChI is InChI=1S/Ca.Cr.GeH4.K.Mo.HSe.3H/h;;1H4;;;1H;;;/q+2;;;+1;;;3*-1. The van der Waals surface area contributed by atoms with E-state index in [0.29, 0.717) is 0 Å². The molecule has 6 heavy (non-hydrogen) atoms. The summed E-state index contributed by atoms with van der Waals surface area (Å²) in [7, 11) is 0. The molecule has 0 aliphatic rings. The van der Waals surface area contributed by atoms with Crippen LogP contribution in [0.4, 0.5) is 0 Å². The third-order valence-corrected chi connectivity index (χ3v) is 0. The average molecular weight is 387 g/mol. The van der Waals surface area contributed by atoms with Gasteiger partial charge in [-0.1, -0.05) is 0 Å². The van der Waals surface area contributed by atoms with Crippen molar-refractivity contribution in [3.05, 3.63) is 0 Å². The van der Waals surface area contributed by atoms with Gasteiger partial charge in [-0.2, -0.15) is 0 Å². The van der Waals surface area contributed by atoms with Gasteiger partial charge in [-0.05, 0) is 0 Å². The molecule has 0 aromatic carbocycles. The second kappa shape index (κ2) is 32.0. The van der Waals surface area contributed by atoms with Crippen LogP contribution in [-0.2, 0) is 38.4 Å². The fourth-order valence-electron chi connectivity index (χ4n) is 0. The summed E-state index contributed by atoms with van der Waals surface area (Å²) in [6.45, 7) is 0. The van der Waals surface area contributed by atoms with Gasteiger partial charge in [0.1, 0.15) is 0 Å². The molecular weight excluding hydrogens is 379 g/mol. The van der Waals surface area contributed by atoms with E-state index in [1.807, 2.05) is 0 Å². The third kappa shape index (κ3) is 22.9. The van der Waals surface area contributed by atoms with Gasteiger partial charge in [0.2, 0.25) is 0 Å². The zero-order valence-corrected chi connectivity index (χ0v) is 13.5. The van der Waals surface area contributed by atoms with Crippen molar-refractivity contribution in [1.29, 1.82) is 0 Å². The van der Waals surface area contributed by atoms with Crippen LogP contribution in [0.15, 0.2) is 0 Å². The Morgan fingerprint density at radius 3 is 1.17 bits per heavy atom. The predicted octanol–water partition coefficient (Wildman–Crippen LogP) is -5.14. The van der Waals surface area contributed by atoms with Crippen LogP contribution >= 0.6 is 0 Å². The summed E-state index contributed by atoms with van der Waals surface area (Å²) in [5.74, 6) is 0. The van der Waals surface area contributed by atoms with Crippen LogP contribution in [0, 0.1) is 0 Å². The van der Waals surface area contributed by atoms with Crippen LogP contribution in [0.2, 0.25) is 0 Å². The second-order valence-electron chi connectivity index (χ2n) is 0. The van der Waals surface area contributed by atoms with E-state index in [-0.39, 0.29) is 166 Å². The molecule has 33 valence electrons. The molecule has 1 radical (unpaired) electrons. The maximum absolute atomic E-state index is 0. The van der Waals surface area contributed by atoms with Gasteiger partial charge >= 0.3 is 124 Å². The van der Waals surface area contributed by atoms with Crippen molar-refractivity contribution in [2.24, 2.45) is 0 Å². The molecule has 0 amide bonds.